The largest absolute Gasteiger partial charge is 0.395 e. The summed E-state index contributed by atoms with van der Waals surface area (Å²) in [6.45, 7) is 5.66. The molecule has 0 radical (unpaired) electrons. The summed E-state index contributed by atoms with van der Waals surface area (Å²) in [5.74, 6) is -0.402. The number of aliphatic hydroxyl groups excluding tert-OH is 1. The van der Waals surface area contributed by atoms with Gasteiger partial charge in [-0.05, 0) is 67.5 Å². The predicted octanol–water partition coefficient (Wildman–Crippen LogP) is 5.81. The number of hydrogen-bond donors (Lipinski definition) is 1. The third kappa shape index (κ3) is 5.68. The van der Waals surface area contributed by atoms with E-state index in [0.717, 1.165) is 11.1 Å². The summed E-state index contributed by atoms with van der Waals surface area (Å²) < 4.78 is 27.5. The van der Waals surface area contributed by atoms with Crippen molar-refractivity contribution in [1.82, 2.24) is 9.21 Å². The van der Waals surface area contributed by atoms with Gasteiger partial charge in [0.15, 0.2) is 0 Å². The second kappa shape index (κ2) is 11.7. The first-order valence-corrected chi connectivity index (χ1v) is 15.3. The molecule has 2 fully saturated rings. The van der Waals surface area contributed by atoms with Gasteiger partial charge in [0.2, 0.25) is 15.9 Å². The highest BCUT2D eigenvalue weighted by atomic mass is 35.5. The zero-order valence-electron chi connectivity index (χ0n) is 21.9. The lowest BCUT2D eigenvalue weighted by Gasteiger charge is -2.53. The van der Waals surface area contributed by atoms with E-state index in [0.29, 0.717) is 42.1 Å². The van der Waals surface area contributed by atoms with Crippen LogP contribution in [0.15, 0.2) is 61.2 Å². The predicted molar refractivity (Wildman–Crippen MR) is 153 cm³/mol. The van der Waals surface area contributed by atoms with Gasteiger partial charge in [-0.2, -0.15) is 0 Å². The van der Waals surface area contributed by atoms with Gasteiger partial charge in [-0.15, -0.1) is 6.58 Å². The number of carbonyl (C=O) groups is 1. The molecule has 0 aromatic heterocycles. The summed E-state index contributed by atoms with van der Waals surface area (Å²) in [7, 11) is -1.84. The second-order valence-corrected chi connectivity index (χ2v) is 13.8. The molecule has 0 spiro atoms. The summed E-state index contributed by atoms with van der Waals surface area (Å²) in [6.07, 6.45) is 4.25. The number of hydrogen-bond acceptors (Lipinski definition) is 4. The van der Waals surface area contributed by atoms with Crippen LogP contribution in [0.2, 0.25) is 10.0 Å². The van der Waals surface area contributed by atoms with Crippen LogP contribution >= 0.6 is 23.2 Å². The Hall–Kier alpha value is -1.90. The number of allylic oxidation sites excluding steroid dienone is 1. The Morgan fingerprint density at radius 2 is 1.84 bits per heavy atom. The van der Waals surface area contributed by atoms with E-state index >= 15 is 0 Å². The summed E-state index contributed by atoms with van der Waals surface area (Å²) in [5.41, 5.74) is 0.758. The number of likely N-dealkylation sites (N-methyl/N-ethyl adjacent to an activating group) is 1. The summed E-state index contributed by atoms with van der Waals surface area (Å²) >= 11 is 12.6. The highest BCUT2D eigenvalue weighted by molar-refractivity contribution is 7.90. The molecule has 4 rings (SSSR count). The number of halogens is 2. The molecule has 2 aromatic carbocycles. The number of benzene rings is 2. The van der Waals surface area contributed by atoms with Gasteiger partial charge >= 0.3 is 0 Å². The number of nitrogens with zero attached hydrogens (tertiary/aromatic N) is 2. The van der Waals surface area contributed by atoms with Crippen LogP contribution < -0.4 is 0 Å². The Bertz CT molecular complexity index is 1270. The Morgan fingerprint density at radius 3 is 2.39 bits per heavy atom. The van der Waals surface area contributed by atoms with Gasteiger partial charge in [0.1, 0.15) is 0 Å². The van der Waals surface area contributed by atoms with Crippen molar-refractivity contribution in [3.63, 3.8) is 0 Å². The standard InChI is InChI=1S/C29H36Cl2N2O4S/c1-4-15-29(19-34)17-26(21-7-6-8-23(31)16-21)27(20-9-11-22(30)12-10-20)33(28(29)35)24(5-2)18-32(3)38(36,37)25-13-14-25/h4,6-12,16,24-27,34H,1,5,13-15,17-19H2,2-3H3/t24-,26-,27-,29+/m1/s1. The fourth-order valence-corrected chi connectivity index (χ4v) is 7.72. The Labute approximate surface area is 236 Å². The molecular formula is C29H36Cl2N2O4S. The van der Waals surface area contributed by atoms with Gasteiger partial charge in [0.05, 0.1) is 23.3 Å². The molecule has 2 aromatic rings. The number of carbonyl (C=O) groups excluding carboxylic acids is 1. The van der Waals surface area contributed by atoms with Crippen molar-refractivity contribution in [2.24, 2.45) is 5.41 Å². The number of piperidine rings is 1. The van der Waals surface area contributed by atoms with Gasteiger partial charge in [0.25, 0.3) is 0 Å². The number of rotatable bonds is 11. The maximum absolute atomic E-state index is 14.4. The molecule has 1 aliphatic carbocycles. The molecule has 0 bridgehead atoms. The van der Waals surface area contributed by atoms with Crippen molar-refractivity contribution in [3.8, 4) is 0 Å². The Balaban J connectivity index is 1.87. The minimum atomic E-state index is -3.44. The molecule has 2 aliphatic rings. The van der Waals surface area contributed by atoms with E-state index in [9.17, 15) is 18.3 Å². The minimum absolute atomic E-state index is 0.170. The SMILES string of the molecule is C=CC[C@@]1(CO)C[C@H](c2cccc(Cl)c2)[C@@H](c2ccc(Cl)cc2)N([C@H](CC)CN(C)S(=O)(=O)C2CC2)C1=O. The molecule has 206 valence electrons. The Morgan fingerprint density at radius 1 is 1.16 bits per heavy atom. The average Bonchev–Trinajstić information content (AvgIpc) is 3.75. The number of aliphatic hydroxyl groups is 1. The number of amides is 1. The number of likely N-dealkylation sites (tertiary alicyclic amines) is 1. The third-order valence-electron chi connectivity index (χ3n) is 8.02. The van der Waals surface area contributed by atoms with Gasteiger partial charge in [-0.1, -0.05) is 60.5 Å². The molecule has 1 saturated carbocycles. The first kappa shape index (κ1) is 29.1. The molecule has 6 nitrogen and oxygen atoms in total. The molecular weight excluding hydrogens is 543 g/mol. The first-order valence-electron chi connectivity index (χ1n) is 13.1. The van der Waals surface area contributed by atoms with Crippen molar-refractivity contribution in [3.05, 3.63) is 82.4 Å². The lowest BCUT2D eigenvalue weighted by Crippen LogP contribution is -2.59. The van der Waals surface area contributed by atoms with Gasteiger partial charge in [-0.25, -0.2) is 12.7 Å². The van der Waals surface area contributed by atoms with Gasteiger partial charge in [-0.3, -0.25) is 4.79 Å². The Kier molecular flexibility index (Phi) is 8.95. The molecule has 4 atom stereocenters. The fourth-order valence-electron chi connectivity index (χ4n) is 5.78. The molecule has 1 aliphatic heterocycles. The van der Waals surface area contributed by atoms with E-state index in [4.69, 9.17) is 23.2 Å². The van der Waals surface area contributed by atoms with E-state index in [1.165, 1.54) is 4.31 Å². The molecule has 38 heavy (non-hydrogen) atoms. The smallest absolute Gasteiger partial charge is 0.232 e. The molecule has 1 amide bonds. The van der Waals surface area contributed by atoms with Crippen molar-refractivity contribution < 1.29 is 18.3 Å². The quantitative estimate of drug-likeness (QED) is 0.341. The molecule has 9 heteroatoms. The van der Waals surface area contributed by atoms with Crippen LogP contribution in [0.5, 0.6) is 0 Å². The average molecular weight is 580 g/mol. The van der Waals surface area contributed by atoms with Crippen molar-refractivity contribution >= 4 is 39.1 Å². The van der Waals surface area contributed by atoms with E-state index < -0.39 is 27.5 Å². The summed E-state index contributed by atoms with van der Waals surface area (Å²) in [4.78, 5) is 16.3. The van der Waals surface area contributed by atoms with E-state index in [1.807, 2.05) is 48.2 Å². The monoisotopic (exact) mass is 578 g/mol. The van der Waals surface area contributed by atoms with Crippen LogP contribution in [0, 0.1) is 5.41 Å². The first-order chi connectivity index (χ1) is 18.1. The molecule has 1 saturated heterocycles. The molecule has 0 unspecified atom stereocenters. The highest BCUT2D eigenvalue weighted by Gasteiger charge is 2.53. The minimum Gasteiger partial charge on any atom is -0.395 e. The summed E-state index contributed by atoms with van der Waals surface area (Å²) in [5, 5.41) is 11.5. The van der Waals surface area contributed by atoms with Crippen LogP contribution in [-0.2, 0) is 14.8 Å². The molecule has 1 heterocycles. The second-order valence-electron chi connectivity index (χ2n) is 10.6. The maximum atomic E-state index is 14.4. The van der Waals surface area contributed by atoms with Gasteiger partial charge in [0, 0.05) is 35.6 Å². The fraction of sp³-hybridized carbons (Fsp3) is 0.483. The van der Waals surface area contributed by atoms with Gasteiger partial charge < -0.3 is 10.0 Å². The van der Waals surface area contributed by atoms with E-state index in [1.54, 1.807) is 25.3 Å². The lowest BCUT2D eigenvalue weighted by atomic mass is 9.66. The molecule has 1 N–H and O–H groups in total. The zero-order valence-corrected chi connectivity index (χ0v) is 24.2. The normalized spacial score (nSPS) is 25.0. The van der Waals surface area contributed by atoms with Crippen LogP contribution in [0.3, 0.4) is 0 Å². The lowest BCUT2D eigenvalue weighted by molar-refractivity contribution is -0.159. The topological polar surface area (TPSA) is 77.9 Å². The summed E-state index contributed by atoms with van der Waals surface area (Å²) in [6, 6.07) is 14.2. The third-order valence-corrected chi connectivity index (χ3v) is 10.8. The zero-order chi connectivity index (χ0) is 27.7. The van der Waals surface area contributed by atoms with E-state index in [-0.39, 0.29) is 30.2 Å². The van der Waals surface area contributed by atoms with Crippen molar-refractivity contribution in [2.75, 3.05) is 20.2 Å². The van der Waals surface area contributed by atoms with Crippen molar-refractivity contribution in [1.29, 1.82) is 0 Å². The number of sulfonamides is 1. The maximum Gasteiger partial charge on any atom is 0.232 e. The van der Waals surface area contributed by atoms with Crippen LogP contribution in [0.1, 0.15) is 62.1 Å². The van der Waals surface area contributed by atoms with Crippen LogP contribution in [0.25, 0.3) is 0 Å². The van der Waals surface area contributed by atoms with Crippen LogP contribution in [-0.4, -0.2) is 60.1 Å². The van der Waals surface area contributed by atoms with Crippen molar-refractivity contribution in [2.45, 2.75) is 62.3 Å². The van der Waals surface area contributed by atoms with E-state index in [2.05, 4.69) is 6.58 Å². The van der Waals surface area contributed by atoms with Crippen LogP contribution in [0.4, 0.5) is 0 Å². The highest BCUT2D eigenvalue weighted by Crippen LogP contribution is 2.52.